The number of carbonyl (C=O) groups excluding carboxylic acids is 1. The Morgan fingerprint density at radius 2 is 1.85 bits per heavy atom. The fourth-order valence-corrected chi connectivity index (χ4v) is 2.40. The molecule has 0 saturated heterocycles. The summed E-state index contributed by atoms with van der Waals surface area (Å²) in [6.45, 7) is -2.14. The van der Waals surface area contributed by atoms with Gasteiger partial charge in [-0.25, -0.2) is 4.79 Å². The van der Waals surface area contributed by atoms with Crippen molar-refractivity contribution in [2.45, 2.75) is 13.2 Å². The maximum Gasteiger partial charge on any atom is 0.387 e. The molecule has 8 heteroatoms. The van der Waals surface area contributed by atoms with Gasteiger partial charge in [0.15, 0.2) is 23.0 Å². The van der Waals surface area contributed by atoms with Gasteiger partial charge < -0.3 is 23.7 Å². The van der Waals surface area contributed by atoms with Crippen LogP contribution in [-0.4, -0.2) is 32.9 Å². The van der Waals surface area contributed by atoms with Gasteiger partial charge in [-0.15, -0.1) is 0 Å². The van der Waals surface area contributed by atoms with Crippen molar-refractivity contribution >= 4 is 5.97 Å². The van der Waals surface area contributed by atoms with Gasteiger partial charge in [-0.05, 0) is 35.9 Å². The number of methoxy groups -OCH3 is 1. The average Bonchev–Trinajstić information content (AvgIpc) is 2.66. The molecule has 2 aromatic rings. The van der Waals surface area contributed by atoms with Crippen LogP contribution in [0.3, 0.4) is 0 Å². The average molecular weight is 366 g/mol. The minimum atomic E-state index is -2.96. The van der Waals surface area contributed by atoms with Gasteiger partial charge in [0.05, 0.1) is 12.7 Å². The van der Waals surface area contributed by atoms with Crippen molar-refractivity contribution in [3.05, 3.63) is 47.5 Å². The first-order valence-electron chi connectivity index (χ1n) is 7.75. The van der Waals surface area contributed by atoms with Crippen molar-refractivity contribution in [3.63, 3.8) is 0 Å². The van der Waals surface area contributed by atoms with Gasteiger partial charge in [0, 0.05) is 0 Å². The Hall–Kier alpha value is -3.03. The molecule has 2 aromatic carbocycles. The minimum Gasteiger partial charge on any atom is -0.493 e. The van der Waals surface area contributed by atoms with E-state index in [9.17, 15) is 13.6 Å². The normalized spacial score (nSPS) is 12.6. The zero-order valence-electron chi connectivity index (χ0n) is 13.9. The summed E-state index contributed by atoms with van der Waals surface area (Å²) < 4.78 is 50.1. The molecule has 0 radical (unpaired) electrons. The fourth-order valence-electron chi connectivity index (χ4n) is 2.40. The third kappa shape index (κ3) is 4.14. The number of rotatable bonds is 6. The van der Waals surface area contributed by atoms with E-state index in [1.165, 1.54) is 25.3 Å². The Kier molecular flexibility index (Phi) is 5.40. The van der Waals surface area contributed by atoms with Crippen molar-refractivity contribution in [2.24, 2.45) is 0 Å². The van der Waals surface area contributed by atoms with E-state index in [1.807, 2.05) is 0 Å². The third-order valence-corrected chi connectivity index (χ3v) is 3.59. The highest BCUT2D eigenvalue weighted by atomic mass is 19.3. The summed E-state index contributed by atoms with van der Waals surface area (Å²) >= 11 is 0. The number of fused-ring (bicyclic) bond motifs is 1. The molecule has 0 atom stereocenters. The van der Waals surface area contributed by atoms with Crippen molar-refractivity contribution < 1.29 is 37.3 Å². The van der Waals surface area contributed by atoms with Gasteiger partial charge in [-0.3, -0.25) is 0 Å². The van der Waals surface area contributed by atoms with E-state index in [1.54, 1.807) is 18.2 Å². The Labute approximate surface area is 148 Å². The van der Waals surface area contributed by atoms with Crippen LogP contribution in [0.5, 0.6) is 23.0 Å². The molecular weight excluding hydrogens is 350 g/mol. The van der Waals surface area contributed by atoms with Gasteiger partial charge in [0.25, 0.3) is 0 Å². The number of hydrogen-bond donors (Lipinski definition) is 0. The Balaban J connectivity index is 1.66. The molecule has 26 heavy (non-hydrogen) atoms. The standard InChI is InChI=1S/C18H16F2O6/c1-22-15-8-11(2-4-14(15)26-18(19)20)10-25-17(21)12-3-5-13-16(9-12)24-7-6-23-13/h2-5,8-9,18H,6-7,10H2,1H3. The summed E-state index contributed by atoms with van der Waals surface area (Å²) in [5, 5.41) is 0. The molecule has 0 N–H and O–H groups in total. The summed E-state index contributed by atoms with van der Waals surface area (Å²) in [6, 6.07) is 9.09. The second-order valence-electron chi connectivity index (χ2n) is 5.30. The lowest BCUT2D eigenvalue weighted by Gasteiger charge is -2.18. The SMILES string of the molecule is COc1cc(COC(=O)c2ccc3c(c2)OCCO3)ccc1OC(F)F. The Morgan fingerprint density at radius 1 is 1.08 bits per heavy atom. The van der Waals surface area contributed by atoms with Crippen LogP contribution in [0.4, 0.5) is 8.78 Å². The van der Waals surface area contributed by atoms with Gasteiger partial charge >= 0.3 is 12.6 Å². The molecule has 0 aliphatic carbocycles. The van der Waals surface area contributed by atoms with E-state index in [2.05, 4.69) is 4.74 Å². The molecule has 1 aliphatic heterocycles. The first-order chi connectivity index (χ1) is 12.6. The molecule has 138 valence electrons. The summed E-state index contributed by atoms with van der Waals surface area (Å²) in [5.74, 6) is 0.546. The Morgan fingerprint density at radius 3 is 2.58 bits per heavy atom. The Bertz CT molecular complexity index is 793. The number of esters is 1. The van der Waals surface area contributed by atoms with Crippen LogP contribution >= 0.6 is 0 Å². The van der Waals surface area contributed by atoms with E-state index >= 15 is 0 Å². The molecule has 0 saturated carbocycles. The van der Waals surface area contributed by atoms with Crippen LogP contribution < -0.4 is 18.9 Å². The molecule has 3 rings (SSSR count). The molecule has 0 fully saturated rings. The van der Waals surface area contributed by atoms with Crippen molar-refractivity contribution in [1.29, 1.82) is 0 Å². The zero-order valence-corrected chi connectivity index (χ0v) is 13.9. The smallest absolute Gasteiger partial charge is 0.387 e. The molecule has 1 aliphatic rings. The van der Waals surface area contributed by atoms with E-state index in [0.29, 0.717) is 35.8 Å². The second kappa shape index (κ2) is 7.90. The third-order valence-electron chi connectivity index (χ3n) is 3.59. The lowest BCUT2D eigenvalue weighted by Crippen LogP contribution is -2.16. The van der Waals surface area contributed by atoms with Crippen LogP contribution in [-0.2, 0) is 11.3 Å². The number of benzene rings is 2. The summed E-state index contributed by atoms with van der Waals surface area (Å²) in [6.07, 6.45) is 0. The molecule has 6 nitrogen and oxygen atoms in total. The maximum atomic E-state index is 12.3. The first kappa shape index (κ1) is 17.8. The van der Waals surface area contributed by atoms with Crippen LogP contribution in [0.15, 0.2) is 36.4 Å². The van der Waals surface area contributed by atoms with Gasteiger partial charge in [0.2, 0.25) is 0 Å². The van der Waals surface area contributed by atoms with E-state index < -0.39 is 12.6 Å². The molecular formula is C18H16F2O6. The highest BCUT2D eigenvalue weighted by molar-refractivity contribution is 5.90. The van der Waals surface area contributed by atoms with Crippen molar-refractivity contribution in [3.8, 4) is 23.0 Å². The largest absolute Gasteiger partial charge is 0.493 e. The second-order valence-corrected chi connectivity index (χ2v) is 5.30. The summed E-state index contributed by atoms with van der Waals surface area (Å²) in [5.41, 5.74) is 0.883. The van der Waals surface area contributed by atoms with Crippen molar-refractivity contribution in [2.75, 3.05) is 20.3 Å². The monoisotopic (exact) mass is 366 g/mol. The zero-order chi connectivity index (χ0) is 18.5. The lowest BCUT2D eigenvalue weighted by atomic mass is 10.2. The molecule has 0 amide bonds. The quantitative estimate of drug-likeness (QED) is 0.730. The van der Waals surface area contributed by atoms with Crippen LogP contribution in [0, 0.1) is 0 Å². The highest BCUT2D eigenvalue weighted by Gasteiger charge is 2.16. The van der Waals surface area contributed by atoms with Crippen molar-refractivity contribution in [1.82, 2.24) is 0 Å². The topological polar surface area (TPSA) is 63.2 Å². The maximum absolute atomic E-state index is 12.3. The molecule has 0 aromatic heterocycles. The van der Waals surface area contributed by atoms with Gasteiger partial charge in [-0.2, -0.15) is 8.78 Å². The highest BCUT2D eigenvalue weighted by Crippen LogP contribution is 2.32. The van der Waals surface area contributed by atoms with Crippen LogP contribution in [0.2, 0.25) is 0 Å². The molecule has 0 unspecified atom stereocenters. The predicted octanol–water partition coefficient (Wildman–Crippen LogP) is 3.42. The number of alkyl halides is 2. The van der Waals surface area contributed by atoms with E-state index in [0.717, 1.165) is 0 Å². The number of carbonyl (C=O) groups is 1. The van der Waals surface area contributed by atoms with Gasteiger partial charge in [-0.1, -0.05) is 6.07 Å². The van der Waals surface area contributed by atoms with E-state index in [-0.39, 0.29) is 18.1 Å². The van der Waals surface area contributed by atoms with E-state index in [4.69, 9.17) is 18.9 Å². The minimum absolute atomic E-state index is 0.0570. The first-order valence-corrected chi connectivity index (χ1v) is 7.75. The summed E-state index contributed by atoms with van der Waals surface area (Å²) in [4.78, 5) is 12.2. The number of hydrogen-bond acceptors (Lipinski definition) is 6. The molecule has 0 spiro atoms. The fraction of sp³-hybridized carbons (Fsp3) is 0.278. The number of halogens is 2. The van der Waals surface area contributed by atoms with Crippen LogP contribution in [0.1, 0.15) is 15.9 Å². The lowest BCUT2D eigenvalue weighted by molar-refractivity contribution is -0.0512. The van der Waals surface area contributed by atoms with Crippen LogP contribution in [0.25, 0.3) is 0 Å². The molecule has 1 heterocycles. The summed E-state index contributed by atoms with van der Waals surface area (Å²) in [7, 11) is 1.33. The predicted molar refractivity (Wildman–Crippen MR) is 86.2 cm³/mol. The molecule has 0 bridgehead atoms. The number of ether oxygens (including phenoxy) is 5. The van der Waals surface area contributed by atoms with Gasteiger partial charge in [0.1, 0.15) is 19.8 Å².